The molecule has 0 N–H and O–H groups in total. The fraction of sp³-hybridized carbons (Fsp3) is 0.0909. The largest absolute Gasteiger partial charge is 0.456 e. The molecule has 0 amide bonds. The van der Waals surface area contributed by atoms with E-state index in [0.717, 1.165) is 66.3 Å². The van der Waals surface area contributed by atoms with Crippen LogP contribution in [0.15, 0.2) is 137 Å². The van der Waals surface area contributed by atoms with E-state index in [-0.39, 0.29) is 12.0 Å². The second-order valence-electron chi connectivity index (χ2n) is 12.4. The first-order chi connectivity index (χ1) is 23.6. The van der Waals surface area contributed by atoms with Gasteiger partial charge in [-0.15, -0.1) is 0 Å². The number of hydrogen-bond acceptors (Lipinski definition) is 3. The van der Waals surface area contributed by atoms with Crippen LogP contribution in [0.25, 0.3) is 73.7 Å². The van der Waals surface area contributed by atoms with Crippen LogP contribution in [-0.2, 0) is 0 Å². The quantitative estimate of drug-likeness (QED) is 0.173. The van der Waals surface area contributed by atoms with E-state index in [4.69, 9.17) is 8.83 Å². The van der Waals surface area contributed by atoms with Gasteiger partial charge in [0.15, 0.2) is 0 Å². The Morgan fingerprint density at radius 1 is 0.750 bits per heavy atom. The molecule has 0 spiro atoms. The van der Waals surface area contributed by atoms with Crippen molar-refractivity contribution in [1.82, 2.24) is 4.57 Å². The molecule has 4 aromatic carbocycles. The number of rotatable bonds is 6. The lowest BCUT2D eigenvalue weighted by molar-refractivity contribution is 0.515. The van der Waals surface area contributed by atoms with E-state index in [9.17, 15) is 0 Å². The molecule has 2 aliphatic rings. The summed E-state index contributed by atoms with van der Waals surface area (Å²) in [6.45, 7) is 12.6. The van der Waals surface area contributed by atoms with Crippen molar-refractivity contribution in [3.8, 4) is 0 Å². The molecule has 1 aliphatic carbocycles. The molecular weight excluding hydrogens is 588 g/mol. The second-order valence-corrected chi connectivity index (χ2v) is 12.4. The first-order valence-electron chi connectivity index (χ1n) is 16.5. The van der Waals surface area contributed by atoms with E-state index < -0.39 is 0 Å². The Kier molecular flexibility index (Phi) is 6.34. The molecule has 4 nitrogen and oxygen atoms in total. The molecule has 4 heteroatoms. The van der Waals surface area contributed by atoms with Crippen LogP contribution in [0.3, 0.4) is 0 Å². The van der Waals surface area contributed by atoms with Gasteiger partial charge >= 0.3 is 0 Å². The maximum absolute atomic E-state index is 6.42. The van der Waals surface area contributed by atoms with Gasteiger partial charge in [-0.2, -0.15) is 0 Å². The fourth-order valence-corrected chi connectivity index (χ4v) is 7.91. The predicted octanol–water partition coefficient (Wildman–Crippen LogP) is 10.1. The minimum atomic E-state index is 0.0408. The van der Waals surface area contributed by atoms with Gasteiger partial charge < -0.3 is 18.3 Å². The molecule has 0 saturated heterocycles. The number of furan rings is 2. The Morgan fingerprint density at radius 2 is 1.54 bits per heavy atom. The molecule has 1 aliphatic heterocycles. The van der Waals surface area contributed by atoms with E-state index in [0.29, 0.717) is 0 Å². The Hall–Kier alpha value is -6.00. The van der Waals surface area contributed by atoms with Gasteiger partial charge in [-0.3, -0.25) is 0 Å². The molecular formula is C44H34N2O2. The highest BCUT2D eigenvalue weighted by atomic mass is 16.3. The van der Waals surface area contributed by atoms with Crippen LogP contribution in [0, 0.1) is 0 Å². The van der Waals surface area contributed by atoms with Crippen LogP contribution in [0.4, 0.5) is 5.69 Å². The minimum Gasteiger partial charge on any atom is -0.456 e. The molecule has 0 fully saturated rings. The van der Waals surface area contributed by atoms with Crippen LogP contribution in [0.5, 0.6) is 0 Å². The summed E-state index contributed by atoms with van der Waals surface area (Å²) in [5.74, 6) is 1.00. The SMILES string of the molecule is C=C/C(=C\C(=C/C)N1c2ccccc2C2C=c3c(C=C)c(/C=C\C)oc3=CC21)n1c2ccccc2c2cc3c(cc21)oc1ccccc13. The van der Waals surface area contributed by atoms with Gasteiger partial charge in [0.2, 0.25) is 0 Å². The van der Waals surface area contributed by atoms with Gasteiger partial charge in [-0.1, -0.05) is 92.1 Å². The van der Waals surface area contributed by atoms with Crippen molar-refractivity contribution in [3.05, 3.63) is 156 Å². The zero-order chi connectivity index (χ0) is 32.5. The summed E-state index contributed by atoms with van der Waals surface area (Å²) in [4.78, 5) is 2.44. The summed E-state index contributed by atoms with van der Waals surface area (Å²) >= 11 is 0. The second kappa shape index (κ2) is 10.8. The van der Waals surface area contributed by atoms with Crippen molar-refractivity contribution in [2.45, 2.75) is 25.8 Å². The number of anilines is 1. The van der Waals surface area contributed by atoms with Crippen LogP contribution in [-0.4, -0.2) is 10.6 Å². The van der Waals surface area contributed by atoms with Crippen LogP contribution in [0.2, 0.25) is 0 Å². The number of para-hydroxylation sites is 3. The maximum atomic E-state index is 6.42. The lowest BCUT2D eigenvalue weighted by atomic mass is 9.90. The number of fused-ring (bicyclic) bond motifs is 10. The van der Waals surface area contributed by atoms with Crippen LogP contribution in [0.1, 0.15) is 36.7 Å². The van der Waals surface area contributed by atoms with Crippen LogP contribution < -0.4 is 15.5 Å². The highest BCUT2D eigenvalue weighted by molar-refractivity contribution is 6.18. The molecule has 2 unspecified atom stereocenters. The van der Waals surface area contributed by atoms with Crippen molar-refractivity contribution >= 4 is 79.4 Å². The third-order valence-electron chi connectivity index (χ3n) is 9.96. The van der Waals surface area contributed by atoms with Gasteiger partial charge in [0, 0.05) is 61.4 Å². The monoisotopic (exact) mass is 622 g/mol. The van der Waals surface area contributed by atoms with E-state index in [1.807, 2.05) is 43.4 Å². The predicted molar refractivity (Wildman–Crippen MR) is 202 cm³/mol. The molecule has 0 saturated carbocycles. The maximum Gasteiger partial charge on any atom is 0.137 e. The number of benzene rings is 4. The van der Waals surface area contributed by atoms with Crippen molar-refractivity contribution < 1.29 is 8.83 Å². The number of nitrogens with zero attached hydrogens (tertiary/aromatic N) is 2. The average Bonchev–Trinajstić information content (AvgIpc) is 3.84. The van der Waals surface area contributed by atoms with E-state index in [2.05, 4.69) is 127 Å². The number of allylic oxidation sites excluding steroid dienone is 5. The molecule has 48 heavy (non-hydrogen) atoms. The summed E-state index contributed by atoms with van der Waals surface area (Å²) in [7, 11) is 0. The third-order valence-corrected chi connectivity index (χ3v) is 9.96. The molecule has 4 heterocycles. The molecule has 2 atom stereocenters. The summed E-state index contributed by atoms with van der Waals surface area (Å²) in [6, 6.07) is 30.1. The van der Waals surface area contributed by atoms with E-state index in [1.54, 1.807) is 0 Å². The fourth-order valence-electron chi connectivity index (χ4n) is 7.91. The van der Waals surface area contributed by atoms with Gasteiger partial charge in [0.1, 0.15) is 22.3 Å². The molecule has 7 aromatic rings. The Bertz CT molecular complexity index is 2710. The van der Waals surface area contributed by atoms with Crippen LogP contribution >= 0.6 is 0 Å². The molecule has 232 valence electrons. The lowest BCUT2D eigenvalue weighted by Crippen LogP contribution is -2.39. The normalized spacial score (nSPS) is 17.6. The Balaban J connectivity index is 1.25. The smallest absolute Gasteiger partial charge is 0.137 e. The molecule has 3 aromatic heterocycles. The van der Waals surface area contributed by atoms with Gasteiger partial charge in [0.25, 0.3) is 0 Å². The average molecular weight is 623 g/mol. The summed E-state index contributed by atoms with van der Waals surface area (Å²) in [5.41, 5.74) is 10.4. The first-order valence-corrected chi connectivity index (χ1v) is 16.5. The third kappa shape index (κ3) is 3.96. The standard InChI is InChI=1S/C44H34N2O2/c1-5-15-41-29(8-4)35-23-33-30-16-9-12-19-37(30)45(39(33)25-43(35)47-41)27(6-2)22-28(7-3)46-38-20-13-10-17-31(38)34-24-36-32-18-11-14-21-42(32)48-44(36)26-40(34)46/h5-26,33,39H,3-4H2,1-2H3/b15-5-,27-6+,28-22+. The Labute approximate surface area is 278 Å². The van der Waals surface area contributed by atoms with Gasteiger partial charge in [0.05, 0.1) is 17.1 Å². The molecule has 0 radical (unpaired) electrons. The minimum absolute atomic E-state index is 0.0408. The lowest BCUT2D eigenvalue weighted by Gasteiger charge is -2.29. The first kappa shape index (κ1) is 28.2. The number of aromatic nitrogens is 1. The van der Waals surface area contributed by atoms with Gasteiger partial charge in [-0.05, 0) is 68.0 Å². The summed E-state index contributed by atoms with van der Waals surface area (Å²) in [6.07, 6.45) is 17.0. The van der Waals surface area contributed by atoms with Gasteiger partial charge in [-0.25, -0.2) is 0 Å². The zero-order valence-electron chi connectivity index (χ0n) is 27.0. The summed E-state index contributed by atoms with van der Waals surface area (Å²) in [5, 5.41) is 5.74. The van der Waals surface area contributed by atoms with Crippen molar-refractivity contribution in [1.29, 1.82) is 0 Å². The highest BCUT2D eigenvalue weighted by Crippen LogP contribution is 2.46. The number of hydrogen-bond donors (Lipinski definition) is 0. The summed E-state index contributed by atoms with van der Waals surface area (Å²) < 4.78 is 15.1. The molecule has 9 rings (SSSR count). The topological polar surface area (TPSA) is 34.5 Å². The Morgan fingerprint density at radius 3 is 2.35 bits per heavy atom. The molecule has 0 bridgehead atoms. The zero-order valence-corrected chi connectivity index (χ0v) is 27.0. The van der Waals surface area contributed by atoms with E-state index in [1.165, 1.54) is 22.0 Å². The van der Waals surface area contributed by atoms with Crippen molar-refractivity contribution in [2.24, 2.45) is 0 Å². The van der Waals surface area contributed by atoms with Crippen molar-refractivity contribution in [3.63, 3.8) is 0 Å². The van der Waals surface area contributed by atoms with E-state index >= 15 is 0 Å². The van der Waals surface area contributed by atoms with Crippen molar-refractivity contribution in [2.75, 3.05) is 4.90 Å². The highest BCUT2D eigenvalue weighted by Gasteiger charge is 2.39.